The molecule has 1 aliphatic rings. The molecule has 1 fully saturated rings. The number of fused-ring (bicyclic) bond motifs is 1. The lowest BCUT2D eigenvalue weighted by atomic mass is 9.95. The third kappa shape index (κ3) is 4.28. The van der Waals surface area contributed by atoms with Crippen LogP contribution in [0.4, 0.5) is 5.13 Å². The van der Waals surface area contributed by atoms with E-state index < -0.39 is 0 Å². The Labute approximate surface area is 161 Å². The van der Waals surface area contributed by atoms with Gasteiger partial charge in [-0.1, -0.05) is 11.3 Å². The zero-order chi connectivity index (χ0) is 18.6. The molecule has 0 spiro atoms. The number of H-pyrrole nitrogens is 1. The van der Waals surface area contributed by atoms with Crippen LogP contribution in [0.15, 0.2) is 30.5 Å². The Balaban J connectivity index is 1.36. The predicted molar refractivity (Wildman–Crippen MR) is 106 cm³/mol. The minimum Gasteiger partial charge on any atom is -0.494 e. The number of carbonyl (C=O) groups is 1. The molecule has 1 unspecified atom stereocenters. The monoisotopic (exact) mass is 385 g/mol. The van der Waals surface area contributed by atoms with Crippen LogP contribution in [0.2, 0.25) is 0 Å². The Morgan fingerprint density at radius 1 is 1.44 bits per heavy atom. The molecule has 2 aromatic heterocycles. The first-order valence-corrected chi connectivity index (χ1v) is 10.1. The van der Waals surface area contributed by atoms with Crippen LogP contribution in [0, 0.1) is 0 Å². The minimum atomic E-state index is -0.0238. The smallest absolute Gasteiger partial charge is 0.240 e. The van der Waals surface area contributed by atoms with Gasteiger partial charge in [-0.25, -0.2) is 4.98 Å². The number of nitrogens with one attached hydrogen (secondary N) is 2. The Bertz CT molecular complexity index is 908. The number of rotatable bonds is 6. The highest BCUT2D eigenvalue weighted by Crippen LogP contribution is 2.29. The number of carbonyl (C=O) groups excluding carboxylic acids is 1. The van der Waals surface area contributed by atoms with E-state index >= 15 is 0 Å². The lowest BCUT2D eigenvalue weighted by Gasteiger charge is -2.31. The fourth-order valence-corrected chi connectivity index (χ4v) is 4.43. The second-order valence-electron chi connectivity index (χ2n) is 6.72. The van der Waals surface area contributed by atoms with E-state index in [0.717, 1.165) is 47.6 Å². The molecule has 0 saturated carbocycles. The van der Waals surface area contributed by atoms with Gasteiger partial charge in [0, 0.05) is 24.4 Å². The van der Waals surface area contributed by atoms with Crippen molar-refractivity contribution in [3.8, 4) is 5.75 Å². The van der Waals surface area contributed by atoms with Crippen molar-refractivity contribution in [3.63, 3.8) is 0 Å². The van der Waals surface area contributed by atoms with Crippen molar-refractivity contribution in [2.24, 2.45) is 0 Å². The number of benzene rings is 1. The van der Waals surface area contributed by atoms with E-state index in [4.69, 9.17) is 4.74 Å². The highest BCUT2D eigenvalue weighted by molar-refractivity contribution is 7.22. The Morgan fingerprint density at radius 2 is 2.37 bits per heavy atom. The molecule has 1 aromatic carbocycles. The van der Waals surface area contributed by atoms with Gasteiger partial charge in [-0.05, 0) is 50.6 Å². The Kier molecular flexibility index (Phi) is 5.35. The number of thiazole rings is 1. The number of piperidine rings is 1. The number of likely N-dealkylation sites (tertiary alicyclic amines) is 1. The normalized spacial score (nSPS) is 17.9. The van der Waals surface area contributed by atoms with E-state index in [1.807, 2.05) is 31.2 Å². The van der Waals surface area contributed by atoms with Crippen molar-refractivity contribution in [3.05, 3.63) is 36.2 Å². The third-order valence-electron chi connectivity index (χ3n) is 4.75. The average molecular weight is 385 g/mol. The second kappa shape index (κ2) is 8.06. The maximum atomic E-state index is 12.5. The van der Waals surface area contributed by atoms with E-state index in [-0.39, 0.29) is 5.91 Å². The van der Waals surface area contributed by atoms with Gasteiger partial charge in [0.05, 0.1) is 23.4 Å². The molecule has 27 heavy (non-hydrogen) atoms. The van der Waals surface area contributed by atoms with Crippen molar-refractivity contribution in [2.45, 2.75) is 25.7 Å². The Morgan fingerprint density at radius 3 is 3.19 bits per heavy atom. The van der Waals surface area contributed by atoms with Crippen molar-refractivity contribution in [1.29, 1.82) is 0 Å². The quantitative estimate of drug-likeness (QED) is 0.681. The van der Waals surface area contributed by atoms with Crippen LogP contribution < -0.4 is 10.1 Å². The van der Waals surface area contributed by atoms with Gasteiger partial charge < -0.3 is 10.1 Å². The molecule has 3 heterocycles. The van der Waals surface area contributed by atoms with Gasteiger partial charge in [0.15, 0.2) is 5.13 Å². The fourth-order valence-electron chi connectivity index (χ4n) is 3.52. The summed E-state index contributed by atoms with van der Waals surface area (Å²) >= 11 is 1.47. The number of nitrogens with zero attached hydrogens (tertiary/aromatic N) is 3. The van der Waals surface area contributed by atoms with Crippen molar-refractivity contribution in [2.75, 3.05) is 31.6 Å². The predicted octanol–water partition coefficient (Wildman–Crippen LogP) is 3.24. The van der Waals surface area contributed by atoms with Crippen LogP contribution in [0.1, 0.15) is 31.4 Å². The van der Waals surface area contributed by atoms with Gasteiger partial charge in [0.25, 0.3) is 0 Å². The summed E-state index contributed by atoms with van der Waals surface area (Å²) in [5.74, 6) is 1.21. The molecule has 1 atom stereocenters. The standard InChI is InChI=1S/C19H23N5O2S/c1-2-26-14-5-6-16-17(10-14)27-19(21-16)22-18(25)12-24-9-3-4-13(11-24)15-7-8-20-23-15/h5-8,10,13H,2-4,9,11-12H2,1H3,(H,20,23)(H,21,22,25). The number of hydrogen-bond acceptors (Lipinski definition) is 6. The SMILES string of the molecule is CCOc1ccc2nc(NC(=O)CN3CCCC(c4ccn[nH]4)C3)sc2c1. The Hall–Kier alpha value is -2.45. The summed E-state index contributed by atoms with van der Waals surface area (Å²) in [6.45, 7) is 4.77. The fraction of sp³-hybridized carbons (Fsp3) is 0.421. The topological polar surface area (TPSA) is 83.1 Å². The minimum absolute atomic E-state index is 0.0238. The molecule has 142 valence electrons. The number of anilines is 1. The molecule has 1 saturated heterocycles. The first kappa shape index (κ1) is 17.9. The summed E-state index contributed by atoms with van der Waals surface area (Å²) in [6.07, 6.45) is 3.99. The number of amides is 1. The molecule has 1 aliphatic heterocycles. The number of ether oxygens (including phenoxy) is 1. The largest absolute Gasteiger partial charge is 0.494 e. The molecule has 7 nitrogen and oxygen atoms in total. The number of aromatic amines is 1. The zero-order valence-corrected chi connectivity index (χ0v) is 16.1. The summed E-state index contributed by atoms with van der Waals surface area (Å²) in [5, 5.41) is 10.7. The van der Waals surface area contributed by atoms with Gasteiger partial charge in [0.2, 0.25) is 5.91 Å². The maximum absolute atomic E-state index is 12.5. The van der Waals surface area contributed by atoms with Crippen LogP contribution >= 0.6 is 11.3 Å². The van der Waals surface area contributed by atoms with Crippen molar-refractivity contribution >= 4 is 32.6 Å². The molecule has 3 aromatic rings. The van der Waals surface area contributed by atoms with Crippen molar-refractivity contribution < 1.29 is 9.53 Å². The van der Waals surface area contributed by atoms with E-state index in [1.54, 1.807) is 6.20 Å². The molecule has 8 heteroatoms. The average Bonchev–Trinajstić information content (AvgIpc) is 3.31. The van der Waals surface area contributed by atoms with E-state index in [2.05, 4.69) is 25.4 Å². The molecule has 1 amide bonds. The van der Waals surface area contributed by atoms with Gasteiger partial charge in [-0.3, -0.25) is 14.8 Å². The highest BCUT2D eigenvalue weighted by Gasteiger charge is 2.24. The van der Waals surface area contributed by atoms with Crippen LogP contribution in [-0.2, 0) is 4.79 Å². The summed E-state index contributed by atoms with van der Waals surface area (Å²) in [6, 6.07) is 7.81. The highest BCUT2D eigenvalue weighted by atomic mass is 32.1. The molecule has 2 N–H and O–H groups in total. The van der Waals surface area contributed by atoms with E-state index in [1.165, 1.54) is 11.3 Å². The van der Waals surface area contributed by atoms with Crippen molar-refractivity contribution in [1.82, 2.24) is 20.1 Å². The summed E-state index contributed by atoms with van der Waals surface area (Å²) in [7, 11) is 0. The molecule has 0 bridgehead atoms. The van der Waals surface area contributed by atoms with Crippen LogP contribution in [0.25, 0.3) is 10.2 Å². The van der Waals surface area contributed by atoms with Crippen LogP contribution in [0.5, 0.6) is 5.75 Å². The van der Waals surface area contributed by atoms with Gasteiger partial charge in [-0.2, -0.15) is 5.10 Å². The van der Waals surface area contributed by atoms with Gasteiger partial charge in [0.1, 0.15) is 5.75 Å². The third-order valence-corrected chi connectivity index (χ3v) is 5.69. The van der Waals surface area contributed by atoms with E-state index in [0.29, 0.717) is 24.2 Å². The lowest BCUT2D eigenvalue weighted by Crippen LogP contribution is -2.39. The lowest BCUT2D eigenvalue weighted by molar-refractivity contribution is -0.117. The van der Waals surface area contributed by atoms with Crippen LogP contribution in [-0.4, -0.2) is 52.2 Å². The van der Waals surface area contributed by atoms with Gasteiger partial charge in [-0.15, -0.1) is 0 Å². The molecule has 0 radical (unpaired) electrons. The summed E-state index contributed by atoms with van der Waals surface area (Å²) in [5.41, 5.74) is 2.02. The maximum Gasteiger partial charge on any atom is 0.240 e. The molecular weight excluding hydrogens is 362 g/mol. The molecule has 4 rings (SSSR count). The first-order valence-electron chi connectivity index (χ1n) is 9.26. The van der Waals surface area contributed by atoms with Crippen LogP contribution in [0.3, 0.4) is 0 Å². The number of hydrogen-bond donors (Lipinski definition) is 2. The second-order valence-corrected chi connectivity index (χ2v) is 7.75. The molecular formula is C19H23N5O2S. The van der Waals surface area contributed by atoms with E-state index in [9.17, 15) is 4.79 Å². The summed E-state index contributed by atoms with van der Waals surface area (Å²) in [4.78, 5) is 19.2. The zero-order valence-electron chi connectivity index (χ0n) is 15.3. The summed E-state index contributed by atoms with van der Waals surface area (Å²) < 4.78 is 6.53. The first-order chi connectivity index (χ1) is 13.2. The van der Waals surface area contributed by atoms with Gasteiger partial charge >= 0.3 is 0 Å². The number of aromatic nitrogens is 3. The molecule has 0 aliphatic carbocycles.